The third-order valence-corrected chi connectivity index (χ3v) is 8.38. The quantitative estimate of drug-likeness (QED) is 0.619. The fourth-order valence-electron chi connectivity index (χ4n) is 4.77. The van der Waals surface area contributed by atoms with Gasteiger partial charge in [-0.25, -0.2) is 9.97 Å². The van der Waals surface area contributed by atoms with Gasteiger partial charge in [0.15, 0.2) is 0 Å². The summed E-state index contributed by atoms with van der Waals surface area (Å²) in [6.45, 7) is 1.43. The Morgan fingerprint density at radius 1 is 1.23 bits per heavy atom. The van der Waals surface area contributed by atoms with E-state index in [0.717, 1.165) is 49.3 Å². The summed E-state index contributed by atoms with van der Waals surface area (Å²) in [6, 6.07) is 3.75. The van der Waals surface area contributed by atoms with Gasteiger partial charge in [-0.3, -0.25) is 4.21 Å². The van der Waals surface area contributed by atoms with Crippen LogP contribution in [0.1, 0.15) is 36.3 Å². The lowest BCUT2D eigenvalue weighted by Crippen LogP contribution is -2.48. The predicted molar refractivity (Wildman–Crippen MR) is 119 cm³/mol. The number of nitrogens with one attached hydrogen (secondary N) is 1. The summed E-state index contributed by atoms with van der Waals surface area (Å²) in [4.78, 5) is 17.2. The molecule has 1 atom stereocenters. The second-order valence-electron chi connectivity index (χ2n) is 8.61. The lowest BCUT2D eigenvalue weighted by Gasteiger charge is -2.41. The van der Waals surface area contributed by atoms with Crippen molar-refractivity contribution in [2.24, 2.45) is 0 Å². The maximum atomic E-state index is 12.6. The molecule has 3 aliphatic rings. The molecule has 0 amide bonds. The van der Waals surface area contributed by atoms with E-state index < -0.39 is 10.8 Å². The Labute approximate surface area is 187 Å². The Hall–Kier alpha value is -2.23. The summed E-state index contributed by atoms with van der Waals surface area (Å²) in [6.07, 6.45) is 6.33. The van der Waals surface area contributed by atoms with Crippen LogP contribution in [-0.2, 0) is 30.2 Å². The molecule has 0 bridgehead atoms. The zero-order valence-electron chi connectivity index (χ0n) is 17.0. The van der Waals surface area contributed by atoms with Crippen molar-refractivity contribution in [2.45, 2.75) is 49.1 Å². The van der Waals surface area contributed by atoms with Crippen molar-refractivity contribution >= 4 is 39.8 Å². The number of aryl methyl sites for hydroxylation is 1. The molecule has 2 N–H and O–H groups in total. The maximum Gasteiger partial charge on any atom is 0.227 e. The molecule has 3 aromatic rings. The minimum Gasteiger partial charge on any atom is -0.394 e. The van der Waals surface area contributed by atoms with Crippen molar-refractivity contribution in [3.05, 3.63) is 40.4 Å². The SMILES string of the molecule is O=[S@]1CCc2nc(N3CCc4c(nc5cc(Cl)ccn45)C3)nc(NC3(CO)CCC3)c21. The van der Waals surface area contributed by atoms with Crippen molar-refractivity contribution in [3.8, 4) is 0 Å². The van der Waals surface area contributed by atoms with Crippen molar-refractivity contribution in [2.75, 3.05) is 29.1 Å². The molecular weight excluding hydrogens is 436 g/mol. The van der Waals surface area contributed by atoms with Gasteiger partial charge in [0, 0.05) is 48.1 Å². The largest absolute Gasteiger partial charge is 0.394 e. The first-order valence-corrected chi connectivity index (χ1v) is 12.3. The molecule has 0 radical (unpaired) electrons. The third-order valence-electron chi connectivity index (χ3n) is 6.68. The molecule has 0 saturated heterocycles. The van der Waals surface area contributed by atoms with Gasteiger partial charge in [-0.2, -0.15) is 4.98 Å². The Balaban J connectivity index is 1.37. The smallest absolute Gasteiger partial charge is 0.227 e. The lowest BCUT2D eigenvalue weighted by molar-refractivity contribution is 0.143. The number of fused-ring (bicyclic) bond motifs is 4. The zero-order valence-corrected chi connectivity index (χ0v) is 18.5. The molecule has 0 spiro atoms. The number of aliphatic hydroxyl groups is 1. The number of imidazole rings is 1. The average Bonchev–Trinajstić information content (AvgIpc) is 3.29. The standard InChI is InChI=1S/C21H23ClN6O2S/c22-13-2-8-28-16-3-7-27(11-15(16)23-17(28)10-13)20-24-14-4-9-31(30)18(14)19(25-20)26-21(12-29)5-1-6-21/h2,8,10,29H,1,3-7,9,11-12H2,(H,24,25,26)/t31-/m0/s1. The molecule has 5 heterocycles. The van der Waals surface area contributed by atoms with Crippen molar-refractivity contribution in [1.82, 2.24) is 19.4 Å². The predicted octanol–water partition coefficient (Wildman–Crippen LogP) is 2.33. The molecule has 3 aromatic heterocycles. The van der Waals surface area contributed by atoms with Crippen LogP contribution in [0.25, 0.3) is 5.65 Å². The molecule has 8 nitrogen and oxygen atoms in total. The Morgan fingerprint density at radius 2 is 2.10 bits per heavy atom. The van der Waals surface area contributed by atoms with E-state index in [1.165, 1.54) is 5.69 Å². The molecule has 0 unspecified atom stereocenters. The number of rotatable bonds is 4. The lowest BCUT2D eigenvalue weighted by atomic mass is 9.77. The summed E-state index contributed by atoms with van der Waals surface area (Å²) in [5.74, 6) is 1.83. The highest BCUT2D eigenvalue weighted by Gasteiger charge is 2.39. The topological polar surface area (TPSA) is 95.7 Å². The minimum atomic E-state index is -1.10. The highest BCUT2D eigenvalue weighted by atomic mass is 35.5. The third kappa shape index (κ3) is 3.13. The molecule has 1 fully saturated rings. The molecule has 0 aromatic carbocycles. The van der Waals surface area contributed by atoms with E-state index in [0.29, 0.717) is 40.4 Å². The van der Waals surface area contributed by atoms with Crippen LogP contribution in [0.3, 0.4) is 0 Å². The fourth-order valence-corrected chi connectivity index (χ4v) is 6.23. The van der Waals surface area contributed by atoms with E-state index in [1.54, 1.807) is 0 Å². The van der Waals surface area contributed by atoms with Gasteiger partial charge < -0.3 is 19.7 Å². The molecule has 31 heavy (non-hydrogen) atoms. The Bertz CT molecular complexity index is 1220. The van der Waals surface area contributed by atoms with Gasteiger partial charge in [0.2, 0.25) is 5.95 Å². The van der Waals surface area contributed by atoms with Gasteiger partial charge in [-0.15, -0.1) is 0 Å². The second-order valence-corrected chi connectivity index (χ2v) is 10.6. The second kappa shape index (κ2) is 7.15. The number of hydrogen-bond acceptors (Lipinski definition) is 7. The molecule has 2 aliphatic heterocycles. The molecule has 162 valence electrons. The van der Waals surface area contributed by atoms with Gasteiger partial charge in [-0.1, -0.05) is 11.6 Å². The van der Waals surface area contributed by atoms with Crippen LogP contribution in [0.5, 0.6) is 0 Å². The van der Waals surface area contributed by atoms with E-state index in [2.05, 4.69) is 14.6 Å². The van der Waals surface area contributed by atoms with Crippen molar-refractivity contribution < 1.29 is 9.32 Å². The summed E-state index contributed by atoms with van der Waals surface area (Å²) in [5.41, 5.74) is 3.54. The van der Waals surface area contributed by atoms with E-state index >= 15 is 0 Å². The van der Waals surface area contributed by atoms with Crippen LogP contribution < -0.4 is 10.2 Å². The van der Waals surface area contributed by atoms with E-state index in [1.807, 2.05) is 18.3 Å². The number of nitrogens with zero attached hydrogens (tertiary/aromatic N) is 5. The molecule has 10 heteroatoms. The normalized spacial score (nSPS) is 21.6. The minimum absolute atomic E-state index is 0.0463. The molecule has 6 rings (SSSR count). The number of pyridine rings is 1. The zero-order chi connectivity index (χ0) is 21.2. The van der Waals surface area contributed by atoms with Gasteiger partial charge in [0.25, 0.3) is 0 Å². The number of hydrogen-bond donors (Lipinski definition) is 2. The van der Waals surface area contributed by atoms with Gasteiger partial charge in [0.05, 0.1) is 40.9 Å². The molecule has 1 saturated carbocycles. The number of halogens is 1. The first-order chi connectivity index (χ1) is 15.0. The number of aromatic nitrogens is 4. The van der Waals surface area contributed by atoms with Gasteiger partial charge in [-0.05, 0) is 25.3 Å². The van der Waals surface area contributed by atoms with Crippen LogP contribution in [0, 0.1) is 0 Å². The van der Waals surface area contributed by atoms with Crippen LogP contribution in [0.2, 0.25) is 5.02 Å². The van der Waals surface area contributed by atoms with Crippen molar-refractivity contribution in [1.29, 1.82) is 0 Å². The fraction of sp³-hybridized carbons (Fsp3) is 0.476. The summed E-state index contributed by atoms with van der Waals surface area (Å²) >= 11 is 6.14. The number of aliphatic hydroxyl groups excluding tert-OH is 1. The highest BCUT2D eigenvalue weighted by Crippen LogP contribution is 2.38. The van der Waals surface area contributed by atoms with Crippen LogP contribution in [-0.4, -0.2) is 53.1 Å². The van der Waals surface area contributed by atoms with E-state index in [9.17, 15) is 9.32 Å². The summed E-state index contributed by atoms with van der Waals surface area (Å²) < 4.78 is 14.7. The van der Waals surface area contributed by atoms with Gasteiger partial charge in [0.1, 0.15) is 16.4 Å². The monoisotopic (exact) mass is 458 g/mol. The van der Waals surface area contributed by atoms with Gasteiger partial charge >= 0.3 is 0 Å². The summed E-state index contributed by atoms with van der Waals surface area (Å²) in [7, 11) is -1.10. The average molecular weight is 459 g/mol. The van der Waals surface area contributed by atoms with Crippen LogP contribution in [0.15, 0.2) is 23.2 Å². The molecule has 1 aliphatic carbocycles. The van der Waals surface area contributed by atoms with Crippen LogP contribution in [0.4, 0.5) is 11.8 Å². The first kappa shape index (κ1) is 19.5. The number of anilines is 2. The molecular formula is C21H23ClN6O2S. The van der Waals surface area contributed by atoms with Crippen LogP contribution >= 0.6 is 11.6 Å². The maximum absolute atomic E-state index is 12.6. The highest BCUT2D eigenvalue weighted by molar-refractivity contribution is 7.85. The van der Waals surface area contributed by atoms with E-state index in [-0.39, 0.29) is 12.1 Å². The first-order valence-electron chi connectivity index (χ1n) is 10.6. The van der Waals surface area contributed by atoms with Crippen molar-refractivity contribution in [3.63, 3.8) is 0 Å². The Kier molecular flexibility index (Phi) is 4.49. The van der Waals surface area contributed by atoms with E-state index in [4.69, 9.17) is 26.6 Å². The Morgan fingerprint density at radius 3 is 2.87 bits per heavy atom. The summed E-state index contributed by atoms with van der Waals surface area (Å²) in [5, 5.41) is 14.0.